The van der Waals surface area contributed by atoms with Gasteiger partial charge in [0.05, 0.1) is 27.9 Å². The number of unbranched alkanes of at least 4 members (excludes halogenated alkanes) is 12. The van der Waals surface area contributed by atoms with Gasteiger partial charge < -0.3 is 52.1 Å². The Morgan fingerprint density at radius 3 is 0.986 bits per heavy atom. The number of nitrogens with zero attached hydrogens (tertiary/aromatic N) is 2. The maximum atomic E-state index is 10.6. The van der Waals surface area contributed by atoms with Crippen molar-refractivity contribution in [1.82, 2.24) is 0 Å². The van der Waals surface area contributed by atoms with E-state index in [4.69, 9.17) is 67.1 Å². The first-order valence-corrected chi connectivity index (χ1v) is 22.5. The molecule has 22 heteroatoms. The molecule has 0 spiro atoms. The number of alkyl halides is 6. The van der Waals surface area contributed by atoms with Crippen molar-refractivity contribution in [3.63, 3.8) is 0 Å². The molecule has 3 aromatic rings. The summed E-state index contributed by atoms with van der Waals surface area (Å²) in [7, 11) is 4.92. The second-order valence-electron chi connectivity index (χ2n) is 14.6. The summed E-state index contributed by atoms with van der Waals surface area (Å²) >= 11 is 0. The van der Waals surface area contributed by atoms with Crippen molar-refractivity contribution in [3.05, 3.63) is 89.5 Å². The van der Waals surface area contributed by atoms with Gasteiger partial charge in [-0.1, -0.05) is 64.2 Å². The fourth-order valence-corrected chi connectivity index (χ4v) is 5.36. The number of nitrogens with two attached hydrogens (primary N) is 4. The number of aliphatic imine (C=N–C) groups is 2. The normalized spacial score (nSPS) is 11.0. The molecule has 0 amide bonds. The van der Waals surface area contributed by atoms with Crippen molar-refractivity contribution in [2.24, 2.45) is 32.9 Å². The minimum atomic E-state index is -5.08. The van der Waals surface area contributed by atoms with Crippen LogP contribution in [0.2, 0.25) is 0 Å². The second kappa shape index (κ2) is 42.1. The smallest absolute Gasteiger partial charge is 0.490 e. The first kappa shape index (κ1) is 68.5. The molecule has 0 saturated carbocycles. The molecule has 0 aliphatic rings. The third kappa shape index (κ3) is 37.1. The van der Waals surface area contributed by atoms with Gasteiger partial charge in [0.2, 0.25) is 5.90 Å². The molecular formula is C48H74ClF6N7O8. The van der Waals surface area contributed by atoms with Gasteiger partial charge >= 0.3 is 24.3 Å². The number of carbonyl (C=O) groups is 2. The second-order valence-corrected chi connectivity index (χ2v) is 14.6. The molecule has 0 fully saturated rings. The van der Waals surface area contributed by atoms with E-state index < -0.39 is 24.3 Å². The lowest BCUT2D eigenvalue weighted by Crippen LogP contribution is -2.21. The molecule has 0 aliphatic carbocycles. The number of methoxy groups -OCH3 is 3. The number of ether oxygens (including phenoxy) is 4. The van der Waals surface area contributed by atoms with E-state index in [2.05, 4.69) is 9.98 Å². The summed E-state index contributed by atoms with van der Waals surface area (Å²) in [6, 6.07) is 22.6. The Labute approximate surface area is 414 Å². The number of hydrogen-bond acceptors (Lipinski definition) is 11. The highest BCUT2D eigenvalue weighted by molar-refractivity contribution is 5.98. The third-order valence-corrected chi connectivity index (χ3v) is 9.19. The number of amidine groups is 2. The zero-order valence-electron chi connectivity index (χ0n) is 40.6. The lowest BCUT2D eigenvalue weighted by Gasteiger charge is -2.05. The first-order valence-electron chi connectivity index (χ1n) is 22.5. The van der Waals surface area contributed by atoms with E-state index in [-0.39, 0.29) is 18.3 Å². The average Bonchev–Trinajstić information content (AvgIpc) is 3.33. The molecule has 0 saturated heterocycles. The fraction of sp³-hybridized carbons (Fsp3) is 0.521. The van der Waals surface area contributed by atoms with Crippen LogP contribution < -0.4 is 37.1 Å². The van der Waals surface area contributed by atoms with Crippen molar-refractivity contribution in [2.45, 2.75) is 109 Å². The summed E-state index contributed by atoms with van der Waals surface area (Å²) in [5.74, 6) is -1.69. The summed E-state index contributed by atoms with van der Waals surface area (Å²) in [6.07, 6.45) is 7.10. The summed E-state index contributed by atoms with van der Waals surface area (Å²) in [6.45, 7) is 5.63. The first-order chi connectivity index (χ1) is 32.7. The van der Waals surface area contributed by atoms with E-state index in [0.29, 0.717) is 18.3 Å². The molecule has 15 nitrogen and oxygen atoms in total. The molecule has 3 rings (SSSR count). The molecule has 11 N–H and O–H groups in total. The Morgan fingerprint density at radius 2 is 0.757 bits per heavy atom. The molecule has 0 unspecified atom stereocenters. The number of aliphatic carboxylic acids is 2. The van der Waals surface area contributed by atoms with Gasteiger partial charge in [-0.2, -0.15) is 26.3 Å². The molecule has 70 heavy (non-hydrogen) atoms. The highest BCUT2D eigenvalue weighted by Gasteiger charge is 2.38. The van der Waals surface area contributed by atoms with Gasteiger partial charge in [-0.05, 0) is 118 Å². The SMILES string of the molecule is CCOC(=N)c1ccc(OC)cc1.COc1ccc(C(N)=NCCCCCCCCCN=C(N)c2ccc(OC)cc2)cc1.Cl.NCCCCCCCCCN.O=C(O)C(F)(F)F.O=C(O)C(F)(F)F. The minimum absolute atomic E-state index is 0. The Hall–Kier alpha value is -5.80. The minimum Gasteiger partial charge on any atom is -0.497 e. The van der Waals surface area contributed by atoms with Gasteiger partial charge in [0.25, 0.3) is 0 Å². The average molecular weight is 1030 g/mol. The predicted molar refractivity (Wildman–Crippen MR) is 266 cm³/mol. The van der Waals surface area contributed by atoms with E-state index in [1.807, 2.05) is 67.6 Å². The molecule has 0 heterocycles. The Balaban J connectivity index is -0.000000944. The van der Waals surface area contributed by atoms with Crippen molar-refractivity contribution < 1.29 is 65.1 Å². The maximum Gasteiger partial charge on any atom is 0.490 e. The monoisotopic (exact) mass is 1030 g/mol. The standard InChI is InChI=1S/C25H36N4O2.C10H13NO2.C9H22N2.2C2HF3O2.ClH/c1-30-22-14-10-20(11-15-22)24(26)28-18-8-6-4-3-5-7-9-19-29-25(27)21-12-16-23(31-2)17-13-21;1-3-13-10(11)8-4-6-9(12-2)7-5-8;10-8-6-4-2-1-3-5-7-9-11;2*3-2(4,5)1(6)7;/h10-17H,3-9,18-19H2,1-2H3,(H2,26,28)(H2,27,29);4-7,11H,3H2,1-2H3;1-11H2;2*(H,6,7);1H. The largest absolute Gasteiger partial charge is 0.497 e. The van der Waals surface area contributed by atoms with Gasteiger partial charge in [0.1, 0.15) is 28.9 Å². The number of carboxylic acid groups (broad SMARTS) is 2. The topological polar surface area (TPSA) is 264 Å². The van der Waals surface area contributed by atoms with Crippen LogP contribution in [0.15, 0.2) is 82.8 Å². The molecule has 0 aromatic heterocycles. The number of halogens is 7. The molecule has 0 radical (unpaired) electrons. The van der Waals surface area contributed by atoms with Crippen LogP contribution in [-0.4, -0.2) is 106 Å². The van der Waals surface area contributed by atoms with Crippen molar-refractivity contribution in [1.29, 1.82) is 5.41 Å². The lowest BCUT2D eigenvalue weighted by molar-refractivity contribution is -0.193. The Bertz CT molecular complexity index is 1760. The number of rotatable bonds is 25. The van der Waals surface area contributed by atoms with Crippen molar-refractivity contribution >= 4 is 41.9 Å². The lowest BCUT2D eigenvalue weighted by atomic mass is 10.1. The van der Waals surface area contributed by atoms with Crippen LogP contribution in [0, 0.1) is 5.41 Å². The molecule has 0 atom stereocenters. The molecule has 3 aromatic carbocycles. The highest BCUT2D eigenvalue weighted by Crippen LogP contribution is 2.16. The Morgan fingerprint density at radius 1 is 0.514 bits per heavy atom. The van der Waals surface area contributed by atoms with Gasteiger partial charge in [-0.25, -0.2) is 9.59 Å². The Kier molecular flexibility index (Phi) is 41.2. The number of nitrogens with one attached hydrogen (secondary N) is 1. The van der Waals surface area contributed by atoms with Crippen LogP contribution in [-0.2, 0) is 14.3 Å². The van der Waals surface area contributed by atoms with Crippen LogP contribution in [0.5, 0.6) is 17.2 Å². The van der Waals surface area contributed by atoms with Crippen LogP contribution in [0.4, 0.5) is 26.3 Å². The molecule has 398 valence electrons. The summed E-state index contributed by atoms with van der Waals surface area (Å²) < 4.78 is 83.8. The van der Waals surface area contributed by atoms with Gasteiger partial charge in [0.15, 0.2) is 0 Å². The van der Waals surface area contributed by atoms with Gasteiger partial charge in [0, 0.05) is 29.8 Å². The van der Waals surface area contributed by atoms with Crippen molar-refractivity contribution in [2.75, 3.05) is 54.1 Å². The van der Waals surface area contributed by atoms with Crippen LogP contribution in [0.3, 0.4) is 0 Å². The van der Waals surface area contributed by atoms with Gasteiger partial charge in [-0.15, -0.1) is 12.4 Å². The predicted octanol–water partition coefficient (Wildman–Crippen LogP) is 9.93. The fourth-order valence-electron chi connectivity index (χ4n) is 5.36. The van der Waals surface area contributed by atoms with E-state index in [1.54, 1.807) is 33.5 Å². The summed E-state index contributed by atoms with van der Waals surface area (Å²) in [5.41, 5.74) is 25.5. The highest BCUT2D eigenvalue weighted by atomic mass is 35.5. The van der Waals surface area contributed by atoms with Crippen molar-refractivity contribution in [3.8, 4) is 17.2 Å². The van der Waals surface area contributed by atoms with Crippen LogP contribution in [0.25, 0.3) is 0 Å². The molecule has 0 bridgehead atoms. The third-order valence-electron chi connectivity index (χ3n) is 9.19. The number of benzene rings is 3. The van der Waals surface area contributed by atoms with Crippen LogP contribution >= 0.6 is 12.4 Å². The zero-order valence-corrected chi connectivity index (χ0v) is 41.4. The van der Waals surface area contributed by atoms with E-state index >= 15 is 0 Å². The van der Waals surface area contributed by atoms with Crippen LogP contribution in [0.1, 0.15) is 114 Å². The van der Waals surface area contributed by atoms with E-state index in [0.717, 1.165) is 73.0 Å². The number of hydrogen-bond donors (Lipinski definition) is 7. The molecular weight excluding hydrogens is 952 g/mol. The van der Waals surface area contributed by atoms with E-state index in [9.17, 15) is 26.3 Å². The molecule has 0 aliphatic heterocycles. The maximum absolute atomic E-state index is 10.6. The number of carboxylic acids is 2. The zero-order chi connectivity index (χ0) is 52.5. The van der Waals surface area contributed by atoms with Gasteiger partial charge in [-0.3, -0.25) is 15.4 Å². The quantitative estimate of drug-likeness (QED) is 0.0181. The summed E-state index contributed by atoms with van der Waals surface area (Å²) in [5, 5.41) is 21.7. The van der Waals surface area contributed by atoms with E-state index in [1.165, 1.54) is 77.0 Å². The summed E-state index contributed by atoms with van der Waals surface area (Å²) in [4.78, 5) is 26.8.